The molecule has 0 bridgehead atoms. The van der Waals surface area contributed by atoms with Crippen molar-refractivity contribution in [3.8, 4) is 0 Å². The lowest BCUT2D eigenvalue weighted by Gasteiger charge is -2.11. The number of benzene rings is 1. The first kappa shape index (κ1) is 14.1. The molecule has 0 saturated heterocycles. The summed E-state index contributed by atoms with van der Waals surface area (Å²) < 4.78 is 2.08. The molecule has 1 atom stereocenters. The number of aryl methyl sites for hydroxylation is 1. The fourth-order valence-corrected chi connectivity index (χ4v) is 2.61. The Hall–Kier alpha value is -1.32. The zero-order valence-electron chi connectivity index (χ0n) is 11.5. The van der Waals surface area contributed by atoms with E-state index < -0.39 is 0 Å². The van der Waals surface area contributed by atoms with Crippen LogP contribution in [0.3, 0.4) is 0 Å². The predicted molar refractivity (Wildman–Crippen MR) is 80.1 cm³/mol. The first-order valence-electron chi connectivity index (χ1n) is 6.62. The molecular weight excluding hydrogens is 260 g/mol. The molecule has 1 aromatic carbocycles. The first-order valence-corrected chi connectivity index (χ1v) is 7.00. The van der Waals surface area contributed by atoms with Gasteiger partial charge in [0.05, 0.1) is 6.04 Å². The Morgan fingerprint density at radius 1 is 1.42 bits per heavy atom. The van der Waals surface area contributed by atoms with Crippen LogP contribution in [0.5, 0.6) is 0 Å². The van der Waals surface area contributed by atoms with Gasteiger partial charge in [-0.15, -0.1) is 0 Å². The van der Waals surface area contributed by atoms with Crippen LogP contribution >= 0.6 is 11.6 Å². The number of carbonyl (C=O) groups excluding carboxylic acids is 1. The van der Waals surface area contributed by atoms with Crippen molar-refractivity contribution in [1.29, 1.82) is 0 Å². The number of rotatable bonds is 5. The summed E-state index contributed by atoms with van der Waals surface area (Å²) in [6, 6.07) is 5.56. The van der Waals surface area contributed by atoms with Gasteiger partial charge in [-0.25, -0.2) is 0 Å². The maximum absolute atomic E-state index is 12.5. The summed E-state index contributed by atoms with van der Waals surface area (Å²) in [5.74, 6) is 0.129. The Balaban J connectivity index is 2.59. The summed E-state index contributed by atoms with van der Waals surface area (Å²) >= 11 is 6.06. The highest BCUT2D eigenvalue weighted by molar-refractivity contribution is 6.31. The number of carbonyl (C=O) groups is 1. The molecule has 0 fully saturated rings. The third kappa shape index (κ3) is 2.53. The third-order valence-electron chi connectivity index (χ3n) is 3.52. The van der Waals surface area contributed by atoms with Gasteiger partial charge in [-0.3, -0.25) is 4.79 Å². The van der Waals surface area contributed by atoms with Gasteiger partial charge in [0.2, 0.25) is 0 Å². The lowest BCUT2D eigenvalue weighted by Crippen LogP contribution is -2.33. The number of ketones is 1. The van der Waals surface area contributed by atoms with Gasteiger partial charge in [-0.1, -0.05) is 18.5 Å². The molecule has 2 rings (SSSR count). The van der Waals surface area contributed by atoms with Gasteiger partial charge in [0.1, 0.15) is 0 Å². The zero-order chi connectivity index (χ0) is 14.0. The molecule has 4 heteroatoms. The van der Waals surface area contributed by atoms with Gasteiger partial charge < -0.3 is 9.88 Å². The number of likely N-dealkylation sites (N-methyl/N-ethyl adjacent to an activating group) is 1. The Bertz CT molecular complexity index is 599. The summed E-state index contributed by atoms with van der Waals surface area (Å²) in [5, 5.41) is 4.66. The molecule has 2 aromatic rings. The molecule has 19 heavy (non-hydrogen) atoms. The third-order valence-corrected chi connectivity index (χ3v) is 3.76. The van der Waals surface area contributed by atoms with E-state index in [9.17, 15) is 4.79 Å². The minimum absolute atomic E-state index is 0.129. The standard InChI is InChI=1S/C15H19ClN2O/c1-4-13(17-3)15(19)12-9-18(5-2)14-7-6-10(16)8-11(12)14/h6-9,13,17H,4-5H2,1-3H3. The van der Waals surface area contributed by atoms with Gasteiger partial charge in [0.25, 0.3) is 0 Å². The topological polar surface area (TPSA) is 34.0 Å². The SMILES string of the molecule is CCC(NC)C(=O)c1cn(CC)c2ccc(Cl)cc12. The Labute approximate surface area is 118 Å². The van der Waals surface area contributed by atoms with E-state index in [4.69, 9.17) is 11.6 Å². The number of hydrogen-bond donors (Lipinski definition) is 1. The van der Waals surface area contributed by atoms with Crippen molar-refractivity contribution in [1.82, 2.24) is 9.88 Å². The second kappa shape index (κ2) is 5.76. The molecule has 0 aliphatic carbocycles. The summed E-state index contributed by atoms with van der Waals surface area (Å²) in [5.41, 5.74) is 1.81. The second-order valence-corrected chi connectivity index (χ2v) is 5.04. The second-order valence-electron chi connectivity index (χ2n) is 4.60. The monoisotopic (exact) mass is 278 g/mol. The van der Waals surface area contributed by atoms with Gasteiger partial charge in [-0.05, 0) is 38.6 Å². The van der Waals surface area contributed by atoms with Gasteiger partial charge >= 0.3 is 0 Å². The molecular formula is C15H19ClN2O. The van der Waals surface area contributed by atoms with Crippen LogP contribution in [-0.2, 0) is 6.54 Å². The highest BCUT2D eigenvalue weighted by Crippen LogP contribution is 2.26. The maximum atomic E-state index is 12.5. The van der Waals surface area contributed by atoms with Crippen molar-refractivity contribution in [2.45, 2.75) is 32.9 Å². The van der Waals surface area contributed by atoms with Gasteiger partial charge in [0, 0.05) is 34.2 Å². The number of aromatic nitrogens is 1. The number of nitrogens with zero attached hydrogens (tertiary/aromatic N) is 1. The average molecular weight is 279 g/mol. The summed E-state index contributed by atoms with van der Waals surface area (Å²) in [7, 11) is 1.82. The minimum atomic E-state index is -0.144. The van der Waals surface area contributed by atoms with Crippen LogP contribution in [0.2, 0.25) is 5.02 Å². The normalized spacial score (nSPS) is 12.8. The molecule has 1 N–H and O–H groups in total. The quantitative estimate of drug-likeness (QED) is 0.850. The van der Waals surface area contributed by atoms with Crippen molar-refractivity contribution in [2.75, 3.05) is 7.05 Å². The number of fused-ring (bicyclic) bond motifs is 1. The molecule has 0 radical (unpaired) electrons. The highest BCUT2D eigenvalue weighted by atomic mass is 35.5. The van der Waals surface area contributed by atoms with Crippen molar-refractivity contribution in [2.24, 2.45) is 0 Å². The predicted octanol–water partition coefficient (Wildman–Crippen LogP) is 3.50. The number of hydrogen-bond acceptors (Lipinski definition) is 2. The largest absolute Gasteiger partial charge is 0.347 e. The summed E-state index contributed by atoms with van der Waals surface area (Å²) in [6.07, 6.45) is 2.71. The van der Waals surface area contributed by atoms with Crippen LogP contribution in [0.4, 0.5) is 0 Å². The van der Waals surface area contributed by atoms with E-state index >= 15 is 0 Å². The Morgan fingerprint density at radius 2 is 2.16 bits per heavy atom. The molecule has 0 spiro atoms. The van der Waals surface area contributed by atoms with E-state index in [2.05, 4.69) is 16.8 Å². The van der Waals surface area contributed by atoms with Gasteiger partial charge in [0.15, 0.2) is 5.78 Å². The van der Waals surface area contributed by atoms with Crippen molar-refractivity contribution < 1.29 is 4.79 Å². The Morgan fingerprint density at radius 3 is 2.74 bits per heavy atom. The van der Waals surface area contributed by atoms with Crippen molar-refractivity contribution >= 4 is 28.3 Å². The molecule has 1 unspecified atom stereocenters. The average Bonchev–Trinajstić information content (AvgIpc) is 2.77. The highest BCUT2D eigenvalue weighted by Gasteiger charge is 2.21. The van der Waals surface area contributed by atoms with E-state index in [0.717, 1.165) is 29.4 Å². The molecule has 0 saturated carbocycles. The van der Waals surface area contributed by atoms with Crippen molar-refractivity contribution in [3.63, 3.8) is 0 Å². The number of halogens is 1. The molecule has 102 valence electrons. The van der Waals surface area contributed by atoms with E-state index in [1.807, 2.05) is 38.4 Å². The van der Waals surface area contributed by atoms with E-state index in [1.54, 1.807) is 0 Å². The number of Topliss-reactive ketones (excluding diaryl/α,β-unsaturated/α-hetero) is 1. The molecule has 0 aliphatic rings. The summed E-state index contributed by atoms with van der Waals surface area (Å²) in [4.78, 5) is 12.5. The first-order chi connectivity index (χ1) is 9.12. The molecule has 3 nitrogen and oxygen atoms in total. The van der Waals surface area contributed by atoms with E-state index in [0.29, 0.717) is 5.02 Å². The van der Waals surface area contributed by atoms with Gasteiger partial charge in [-0.2, -0.15) is 0 Å². The van der Waals surface area contributed by atoms with Crippen LogP contribution in [0.25, 0.3) is 10.9 Å². The number of nitrogens with one attached hydrogen (secondary N) is 1. The minimum Gasteiger partial charge on any atom is -0.347 e. The van der Waals surface area contributed by atoms with Crippen LogP contribution in [0, 0.1) is 0 Å². The van der Waals surface area contributed by atoms with E-state index in [-0.39, 0.29) is 11.8 Å². The molecule has 1 heterocycles. The van der Waals surface area contributed by atoms with Crippen LogP contribution in [-0.4, -0.2) is 23.4 Å². The Kier molecular flexibility index (Phi) is 4.27. The molecule has 0 amide bonds. The van der Waals surface area contributed by atoms with Crippen molar-refractivity contribution in [3.05, 3.63) is 35.0 Å². The fourth-order valence-electron chi connectivity index (χ4n) is 2.44. The van der Waals surface area contributed by atoms with Crippen LogP contribution < -0.4 is 5.32 Å². The summed E-state index contributed by atoms with van der Waals surface area (Å²) in [6.45, 7) is 4.91. The van der Waals surface area contributed by atoms with E-state index in [1.165, 1.54) is 0 Å². The molecule has 1 aromatic heterocycles. The van der Waals surface area contributed by atoms with Crippen LogP contribution in [0.15, 0.2) is 24.4 Å². The lowest BCUT2D eigenvalue weighted by molar-refractivity contribution is 0.0946. The fraction of sp³-hybridized carbons (Fsp3) is 0.400. The molecule has 0 aliphatic heterocycles. The lowest BCUT2D eigenvalue weighted by atomic mass is 10.0. The van der Waals surface area contributed by atoms with Crippen LogP contribution in [0.1, 0.15) is 30.6 Å². The maximum Gasteiger partial charge on any atom is 0.181 e. The zero-order valence-corrected chi connectivity index (χ0v) is 12.3. The smallest absolute Gasteiger partial charge is 0.181 e.